The highest BCUT2D eigenvalue weighted by Crippen LogP contribution is 2.47. The first-order valence-electron chi connectivity index (χ1n) is 10.1. The van der Waals surface area contributed by atoms with Gasteiger partial charge in [0.05, 0.1) is 5.56 Å². The molecule has 1 saturated heterocycles. The van der Waals surface area contributed by atoms with Gasteiger partial charge in [0.2, 0.25) is 5.78 Å². The van der Waals surface area contributed by atoms with Crippen LogP contribution >= 0.6 is 12.2 Å². The molecule has 1 amide bonds. The number of likely N-dealkylation sites (tertiary alicyclic amines) is 1. The fourth-order valence-corrected chi connectivity index (χ4v) is 4.53. The lowest BCUT2D eigenvalue weighted by atomic mass is 9.76. The predicted octanol–water partition coefficient (Wildman–Crippen LogP) is 5.45. The molecule has 2 rings (SSSR count). The van der Waals surface area contributed by atoms with Crippen LogP contribution in [-0.4, -0.2) is 38.8 Å². The molecule has 1 aromatic carbocycles. The van der Waals surface area contributed by atoms with Gasteiger partial charge < -0.3 is 10.0 Å². The van der Waals surface area contributed by atoms with E-state index >= 15 is 0 Å². The summed E-state index contributed by atoms with van der Waals surface area (Å²) in [5.74, 6) is -1.98. The van der Waals surface area contributed by atoms with Crippen molar-refractivity contribution < 1.29 is 27.9 Å². The lowest BCUT2D eigenvalue weighted by molar-refractivity contribution is -0.151. The van der Waals surface area contributed by atoms with Crippen molar-refractivity contribution in [3.8, 4) is 0 Å². The highest BCUT2D eigenvalue weighted by molar-refractivity contribution is 7.80. The van der Waals surface area contributed by atoms with Crippen LogP contribution in [0.2, 0.25) is 0 Å². The lowest BCUT2D eigenvalue weighted by Crippen LogP contribution is -2.58. The third-order valence-corrected chi connectivity index (χ3v) is 6.61. The topological polar surface area (TPSA) is 57.6 Å². The molecule has 4 nitrogen and oxygen atoms in total. The second-order valence-electron chi connectivity index (χ2n) is 8.47. The summed E-state index contributed by atoms with van der Waals surface area (Å²) in [6.07, 6.45) is -3.00. The Kier molecular flexibility index (Phi) is 7.01. The van der Waals surface area contributed by atoms with Gasteiger partial charge in [-0.05, 0) is 43.1 Å². The second-order valence-corrected chi connectivity index (χ2v) is 8.85. The number of rotatable bonds is 7. The molecular weight excluding hydrogens is 415 g/mol. The van der Waals surface area contributed by atoms with Crippen LogP contribution in [0, 0.1) is 5.41 Å². The van der Waals surface area contributed by atoms with Crippen molar-refractivity contribution in [2.45, 2.75) is 71.0 Å². The zero-order valence-corrected chi connectivity index (χ0v) is 18.5. The van der Waals surface area contributed by atoms with Crippen LogP contribution in [0.5, 0.6) is 0 Å². The van der Waals surface area contributed by atoms with E-state index in [1.54, 1.807) is 26.8 Å². The van der Waals surface area contributed by atoms with Gasteiger partial charge in [0, 0.05) is 17.9 Å². The van der Waals surface area contributed by atoms with Gasteiger partial charge in [-0.3, -0.25) is 9.59 Å². The number of aliphatic hydroxyl groups is 1. The summed E-state index contributed by atoms with van der Waals surface area (Å²) < 4.78 is 39.8. The zero-order chi connectivity index (χ0) is 22.9. The smallest absolute Gasteiger partial charge is 0.416 e. The number of Topliss-reactive ketones (excluding diaryl/α,β-unsaturated/α-hetero) is 1. The highest BCUT2D eigenvalue weighted by atomic mass is 32.1. The first kappa shape index (κ1) is 24.3. The standard InChI is InChI=1S/C22H28F3NO3S/c1-5-11-21(19(29)30)16(14-8-7-9-15(13-14)22(23,24)25)10-12-26(21)18(28)17(27)20(3,4)6-2/h7-9,13,16H,5-6,10-12H2,1-4H3,(H,29,30)/t16?,21-/m0/s1. The summed E-state index contributed by atoms with van der Waals surface area (Å²) in [7, 11) is 0. The molecule has 0 aromatic heterocycles. The van der Waals surface area contributed by atoms with Gasteiger partial charge in [-0.15, -0.1) is 0 Å². The van der Waals surface area contributed by atoms with E-state index in [0.29, 0.717) is 24.8 Å². The molecule has 30 heavy (non-hydrogen) atoms. The Morgan fingerprint density at radius 2 is 1.90 bits per heavy atom. The monoisotopic (exact) mass is 443 g/mol. The molecule has 0 radical (unpaired) electrons. The van der Waals surface area contributed by atoms with Gasteiger partial charge in [-0.1, -0.05) is 52.3 Å². The Morgan fingerprint density at radius 3 is 2.40 bits per heavy atom. The summed E-state index contributed by atoms with van der Waals surface area (Å²) in [5.41, 5.74) is -2.75. The number of hydrogen-bond donors (Lipinski definition) is 1. The molecule has 0 saturated carbocycles. The number of alkyl halides is 3. The number of thiocarbonyl (C=S) groups is 1. The van der Waals surface area contributed by atoms with Crippen molar-refractivity contribution in [2.75, 3.05) is 6.54 Å². The normalized spacial score (nSPS) is 22.2. The van der Waals surface area contributed by atoms with E-state index in [-0.39, 0.29) is 13.0 Å². The minimum atomic E-state index is -4.52. The average molecular weight is 444 g/mol. The van der Waals surface area contributed by atoms with E-state index in [1.807, 2.05) is 6.92 Å². The number of halogens is 3. The zero-order valence-electron chi connectivity index (χ0n) is 17.7. The van der Waals surface area contributed by atoms with Crippen LogP contribution in [0.4, 0.5) is 13.2 Å². The van der Waals surface area contributed by atoms with Crippen molar-refractivity contribution >= 4 is 29.0 Å². The summed E-state index contributed by atoms with van der Waals surface area (Å²) in [6, 6.07) is 4.88. The van der Waals surface area contributed by atoms with Crippen LogP contribution in [0.3, 0.4) is 0 Å². The largest absolute Gasteiger partial charge is 0.500 e. The van der Waals surface area contributed by atoms with Crippen molar-refractivity contribution in [3.05, 3.63) is 35.4 Å². The fraction of sp³-hybridized carbons (Fsp3) is 0.591. The summed E-state index contributed by atoms with van der Waals surface area (Å²) in [6.45, 7) is 7.11. The highest BCUT2D eigenvalue weighted by Gasteiger charge is 2.56. The van der Waals surface area contributed by atoms with E-state index in [9.17, 15) is 27.9 Å². The molecule has 1 aliphatic heterocycles. The maximum absolute atomic E-state index is 13.3. The van der Waals surface area contributed by atoms with E-state index in [1.165, 1.54) is 11.0 Å². The number of aliphatic hydroxyl groups excluding tert-OH is 1. The third-order valence-electron chi connectivity index (χ3n) is 6.26. The molecule has 1 N–H and O–H groups in total. The molecular formula is C22H28F3NO3S. The van der Waals surface area contributed by atoms with Crippen molar-refractivity contribution in [2.24, 2.45) is 5.41 Å². The SMILES string of the molecule is CCC[C@@]1(C(O)=S)C(c2cccc(C(F)(F)F)c2)CCN1C(=O)C(=O)C(C)(C)CC. The van der Waals surface area contributed by atoms with Gasteiger partial charge in [0.25, 0.3) is 5.91 Å². The van der Waals surface area contributed by atoms with Crippen LogP contribution < -0.4 is 0 Å². The Labute approximate surface area is 180 Å². The molecule has 2 atom stereocenters. The number of carbonyl (C=O) groups is 2. The Bertz CT molecular complexity index is 837. The minimum absolute atomic E-state index is 0.131. The summed E-state index contributed by atoms with van der Waals surface area (Å²) in [4.78, 5) is 27.3. The number of benzene rings is 1. The quantitative estimate of drug-likeness (QED) is 0.450. The summed E-state index contributed by atoms with van der Waals surface area (Å²) >= 11 is 5.15. The van der Waals surface area contributed by atoms with Crippen LogP contribution in [0.25, 0.3) is 0 Å². The van der Waals surface area contributed by atoms with E-state index < -0.39 is 45.4 Å². The Morgan fingerprint density at radius 1 is 1.27 bits per heavy atom. The Hall–Kier alpha value is -1.96. The number of ketones is 1. The van der Waals surface area contributed by atoms with Gasteiger partial charge >= 0.3 is 6.18 Å². The maximum atomic E-state index is 13.3. The first-order chi connectivity index (χ1) is 13.8. The molecule has 1 heterocycles. The number of carbonyl (C=O) groups excluding carboxylic acids is 2. The van der Waals surface area contributed by atoms with Gasteiger partial charge in [-0.25, -0.2) is 0 Å². The van der Waals surface area contributed by atoms with Crippen molar-refractivity contribution in [3.63, 3.8) is 0 Å². The average Bonchev–Trinajstić information content (AvgIpc) is 3.07. The van der Waals surface area contributed by atoms with Gasteiger partial charge in [0.1, 0.15) is 5.54 Å². The Balaban J connectivity index is 2.58. The van der Waals surface area contributed by atoms with E-state index in [4.69, 9.17) is 12.2 Å². The molecule has 1 fully saturated rings. The van der Waals surface area contributed by atoms with Gasteiger partial charge in [0.15, 0.2) is 5.05 Å². The van der Waals surface area contributed by atoms with Crippen LogP contribution in [0.1, 0.15) is 70.4 Å². The van der Waals surface area contributed by atoms with Crippen LogP contribution in [0.15, 0.2) is 24.3 Å². The molecule has 1 unspecified atom stereocenters. The predicted molar refractivity (Wildman–Crippen MR) is 112 cm³/mol. The number of nitrogens with zero attached hydrogens (tertiary/aromatic N) is 1. The minimum Gasteiger partial charge on any atom is -0.500 e. The molecule has 0 bridgehead atoms. The molecule has 0 spiro atoms. The molecule has 0 aliphatic carbocycles. The maximum Gasteiger partial charge on any atom is 0.416 e. The number of amides is 1. The van der Waals surface area contributed by atoms with Crippen molar-refractivity contribution in [1.82, 2.24) is 4.90 Å². The number of hydrogen-bond acceptors (Lipinski definition) is 3. The molecule has 1 aromatic rings. The van der Waals surface area contributed by atoms with Crippen molar-refractivity contribution in [1.29, 1.82) is 0 Å². The first-order valence-corrected chi connectivity index (χ1v) is 10.5. The van der Waals surface area contributed by atoms with Gasteiger partial charge in [-0.2, -0.15) is 13.2 Å². The van der Waals surface area contributed by atoms with E-state index in [2.05, 4.69) is 0 Å². The second kappa shape index (κ2) is 8.65. The third kappa shape index (κ3) is 4.24. The molecule has 8 heteroatoms. The molecule has 166 valence electrons. The fourth-order valence-electron chi connectivity index (χ4n) is 4.18. The van der Waals surface area contributed by atoms with Crippen LogP contribution in [-0.2, 0) is 15.8 Å². The summed E-state index contributed by atoms with van der Waals surface area (Å²) in [5, 5.41) is 10.1. The molecule has 1 aliphatic rings. The van der Waals surface area contributed by atoms with E-state index in [0.717, 1.165) is 12.1 Å². The lowest BCUT2D eigenvalue weighted by Gasteiger charge is -2.41.